The largest absolute Gasteiger partial charge is 0.351 e. The van der Waals surface area contributed by atoms with Crippen molar-refractivity contribution in [3.05, 3.63) is 76.0 Å². The van der Waals surface area contributed by atoms with Gasteiger partial charge in [0, 0.05) is 23.8 Å². The maximum atomic E-state index is 14.7. The second kappa shape index (κ2) is 8.92. The third-order valence-corrected chi connectivity index (χ3v) is 7.50. The number of halogens is 1. The predicted octanol–water partition coefficient (Wildman–Crippen LogP) is 3.63. The van der Waals surface area contributed by atoms with Gasteiger partial charge in [0.2, 0.25) is 0 Å². The highest BCUT2D eigenvalue weighted by Crippen LogP contribution is 2.38. The van der Waals surface area contributed by atoms with Crippen LogP contribution in [-0.4, -0.2) is 36.4 Å². The normalized spacial score (nSPS) is 17.4. The van der Waals surface area contributed by atoms with Crippen LogP contribution >= 0.6 is 0 Å². The molecule has 0 saturated carbocycles. The third kappa shape index (κ3) is 4.84. The van der Waals surface area contributed by atoms with Gasteiger partial charge >= 0.3 is 0 Å². The molecule has 0 aliphatic carbocycles. The van der Waals surface area contributed by atoms with Crippen molar-refractivity contribution in [1.82, 2.24) is 14.7 Å². The van der Waals surface area contributed by atoms with Crippen LogP contribution in [-0.2, 0) is 10.0 Å². The molecule has 1 atom stereocenters. The number of hydrogen-bond acceptors (Lipinski definition) is 6. The quantitative estimate of drug-likeness (QED) is 0.556. The minimum Gasteiger partial charge on any atom is -0.351 e. The number of aromatic amines is 1. The zero-order valence-corrected chi connectivity index (χ0v) is 20.7. The molecule has 1 saturated heterocycles. The Morgan fingerprint density at radius 3 is 2.60 bits per heavy atom. The fraction of sp³-hybridized carbons (Fsp3) is 0.320. The summed E-state index contributed by atoms with van der Waals surface area (Å²) in [6.45, 7) is 8.48. The van der Waals surface area contributed by atoms with Gasteiger partial charge in [0.1, 0.15) is 11.6 Å². The van der Waals surface area contributed by atoms with E-state index in [0.717, 1.165) is 18.1 Å². The predicted molar refractivity (Wildman–Crippen MR) is 131 cm³/mol. The van der Waals surface area contributed by atoms with Crippen molar-refractivity contribution in [3.8, 4) is 11.3 Å². The van der Waals surface area contributed by atoms with E-state index in [1.54, 1.807) is 19.1 Å². The van der Waals surface area contributed by atoms with Gasteiger partial charge in [0.15, 0.2) is 4.90 Å². The maximum absolute atomic E-state index is 14.7. The topological polar surface area (TPSA) is 112 Å². The molecular weight excluding hydrogens is 471 g/mol. The molecule has 1 aliphatic heterocycles. The minimum atomic E-state index is -4.44. The Hall–Kier alpha value is -3.53. The van der Waals surface area contributed by atoms with Crippen molar-refractivity contribution in [2.24, 2.45) is 5.92 Å². The molecular formula is C25H27FN4O4S. The summed E-state index contributed by atoms with van der Waals surface area (Å²) < 4.78 is 42.3. The molecule has 3 aromatic rings. The van der Waals surface area contributed by atoms with Gasteiger partial charge in [0.05, 0.1) is 11.3 Å². The van der Waals surface area contributed by atoms with Crippen LogP contribution in [0.15, 0.2) is 58.4 Å². The van der Waals surface area contributed by atoms with Crippen LogP contribution in [0.3, 0.4) is 0 Å². The zero-order valence-electron chi connectivity index (χ0n) is 19.9. The standard InChI is InChI=1S/C25H27FN4O4S/c1-15-7-8-17(19(26)12-15)20-10-9-18(22(28-20)30-14-16(2)13-25(30,3)4)23(31)29-35(33,34)21-6-5-11-27-24(21)32/h5-12,16H,13-14H2,1-4H3,(H,27,32)(H,29,31)/t16-/m0/s1. The Morgan fingerprint density at radius 1 is 1.23 bits per heavy atom. The molecule has 184 valence electrons. The van der Waals surface area contributed by atoms with E-state index in [1.165, 1.54) is 30.5 Å². The van der Waals surface area contributed by atoms with E-state index in [-0.39, 0.29) is 22.5 Å². The number of nitrogens with one attached hydrogen (secondary N) is 2. The van der Waals surface area contributed by atoms with Crippen LogP contribution in [0, 0.1) is 18.7 Å². The van der Waals surface area contributed by atoms with Crippen LogP contribution in [0.4, 0.5) is 10.2 Å². The number of benzene rings is 1. The number of carbonyl (C=O) groups is 1. The average Bonchev–Trinajstić information content (AvgIpc) is 3.05. The lowest BCUT2D eigenvalue weighted by Gasteiger charge is -2.34. The van der Waals surface area contributed by atoms with E-state index in [0.29, 0.717) is 18.2 Å². The van der Waals surface area contributed by atoms with Gasteiger partial charge in [-0.1, -0.05) is 13.0 Å². The second-order valence-corrected chi connectivity index (χ2v) is 11.2. The summed E-state index contributed by atoms with van der Waals surface area (Å²) in [7, 11) is -4.44. The monoisotopic (exact) mass is 498 g/mol. The Balaban J connectivity index is 1.81. The number of sulfonamides is 1. The molecule has 2 aromatic heterocycles. The Morgan fingerprint density at radius 2 is 1.97 bits per heavy atom. The molecule has 1 aromatic carbocycles. The Labute approximate surface area is 203 Å². The average molecular weight is 499 g/mol. The molecule has 1 fully saturated rings. The highest BCUT2D eigenvalue weighted by atomic mass is 32.2. The lowest BCUT2D eigenvalue weighted by molar-refractivity contribution is 0.0981. The lowest BCUT2D eigenvalue weighted by atomic mass is 9.97. The molecule has 0 spiro atoms. The van der Waals surface area contributed by atoms with E-state index in [1.807, 2.05) is 23.5 Å². The number of aromatic nitrogens is 2. The van der Waals surface area contributed by atoms with Crippen molar-refractivity contribution >= 4 is 21.7 Å². The lowest BCUT2D eigenvalue weighted by Crippen LogP contribution is -2.41. The first-order chi connectivity index (χ1) is 16.4. The summed E-state index contributed by atoms with van der Waals surface area (Å²) in [4.78, 5) is 33.5. The summed E-state index contributed by atoms with van der Waals surface area (Å²) in [5.41, 5.74) is 0.161. The number of hydrogen-bond donors (Lipinski definition) is 2. The molecule has 35 heavy (non-hydrogen) atoms. The minimum absolute atomic E-state index is 0.0133. The molecule has 10 heteroatoms. The Kier molecular flexibility index (Phi) is 6.27. The van der Waals surface area contributed by atoms with Gasteiger partial charge in [-0.15, -0.1) is 0 Å². The summed E-state index contributed by atoms with van der Waals surface area (Å²) in [5.74, 6) is -0.816. The highest BCUT2D eigenvalue weighted by molar-refractivity contribution is 7.90. The van der Waals surface area contributed by atoms with Crippen molar-refractivity contribution in [2.45, 2.75) is 44.6 Å². The molecule has 4 rings (SSSR count). The fourth-order valence-corrected chi connectivity index (χ4v) is 5.64. The SMILES string of the molecule is Cc1ccc(-c2ccc(C(=O)NS(=O)(=O)c3ccc[nH]c3=O)c(N3C[C@@H](C)CC3(C)C)n2)c(F)c1. The number of amides is 1. The third-order valence-electron chi connectivity index (χ3n) is 6.15. The number of rotatable bonds is 5. The van der Waals surface area contributed by atoms with Crippen LogP contribution in [0.2, 0.25) is 0 Å². The summed E-state index contributed by atoms with van der Waals surface area (Å²) in [5, 5.41) is 0. The van der Waals surface area contributed by atoms with Crippen LogP contribution in [0.5, 0.6) is 0 Å². The number of H-pyrrole nitrogens is 1. The van der Waals surface area contributed by atoms with Crippen molar-refractivity contribution in [3.63, 3.8) is 0 Å². The molecule has 1 aliphatic rings. The zero-order chi connectivity index (χ0) is 25.5. The number of carbonyl (C=O) groups excluding carboxylic acids is 1. The summed E-state index contributed by atoms with van der Waals surface area (Å²) in [6.07, 6.45) is 2.13. The van der Waals surface area contributed by atoms with Crippen LogP contribution in [0.1, 0.15) is 43.1 Å². The highest BCUT2D eigenvalue weighted by Gasteiger charge is 2.39. The van der Waals surface area contributed by atoms with Gasteiger partial charge in [-0.2, -0.15) is 0 Å². The van der Waals surface area contributed by atoms with Crippen molar-refractivity contribution in [2.75, 3.05) is 11.4 Å². The van der Waals surface area contributed by atoms with Crippen molar-refractivity contribution in [1.29, 1.82) is 0 Å². The molecule has 1 amide bonds. The summed E-state index contributed by atoms with van der Waals surface area (Å²) >= 11 is 0. The number of anilines is 1. The van der Waals surface area contributed by atoms with Crippen molar-refractivity contribution < 1.29 is 17.6 Å². The van der Waals surface area contributed by atoms with Gasteiger partial charge in [-0.25, -0.2) is 22.5 Å². The first-order valence-corrected chi connectivity index (χ1v) is 12.7. The summed E-state index contributed by atoms with van der Waals surface area (Å²) in [6, 6.07) is 10.2. The van der Waals surface area contributed by atoms with E-state index in [2.05, 4.69) is 16.9 Å². The van der Waals surface area contributed by atoms with E-state index >= 15 is 0 Å². The van der Waals surface area contributed by atoms with Gasteiger partial charge < -0.3 is 9.88 Å². The molecule has 3 heterocycles. The van der Waals surface area contributed by atoms with Gasteiger partial charge in [0.25, 0.3) is 21.5 Å². The number of aryl methyl sites for hydroxylation is 1. The first kappa shape index (κ1) is 24.6. The molecule has 0 unspecified atom stereocenters. The van der Waals surface area contributed by atoms with E-state index in [4.69, 9.17) is 0 Å². The molecule has 0 bridgehead atoms. The molecule has 0 radical (unpaired) electrons. The molecule has 8 nitrogen and oxygen atoms in total. The van der Waals surface area contributed by atoms with Crippen LogP contribution in [0.25, 0.3) is 11.3 Å². The van der Waals surface area contributed by atoms with Gasteiger partial charge in [-0.3, -0.25) is 9.59 Å². The fourth-order valence-electron chi connectivity index (χ4n) is 4.62. The number of nitrogens with zero attached hydrogens (tertiary/aromatic N) is 2. The first-order valence-electron chi connectivity index (χ1n) is 11.2. The van der Waals surface area contributed by atoms with E-state index in [9.17, 15) is 22.4 Å². The second-order valence-electron chi connectivity index (χ2n) is 9.58. The number of pyridine rings is 2. The van der Waals surface area contributed by atoms with E-state index < -0.39 is 32.2 Å². The Bertz CT molecular complexity index is 1470. The smallest absolute Gasteiger partial charge is 0.269 e. The molecule has 2 N–H and O–H groups in total. The maximum Gasteiger partial charge on any atom is 0.269 e. The van der Waals surface area contributed by atoms with Gasteiger partial charge in [-0.05, 0) is 75.1 Å². The van der Waals surface area contributed by atoms with Crippen LogP contribution < -0.4 is 15.2 Å².